The fourth-order valence-corrected chi connectivity index (χ4v) is 5.27. The Labute approximate surface area is 213 Å². The van der Waals surface area contributed by atoms with Crippen molar-refractivity contribution < 1.29 is 9.53 Å². The standard InChI is InChI=1S/C25H28N6O2S2/c1-3-4-5-8-14-27-24(32)19-16-34-22(28-19)17-35-25-30-29-23(18-10-9-13-26-15-18)31(25)20-11-6-7-12-21(20)33-2/h6-7,9-13,15-16H,3-5,8,14,17H2,1-2H3,(H,27,32). The molecule has 0 radical (unpaired) electrons. The quantitative estimate of drug-likeness (QED) is 0.202. The number of hydrogen-bond donors (Lipinski definition) is 1. The number of para-hydroxylation sites is 2. The number of methoxy groups -OCH3 is 1. The zero-order valence-electron chi connectivity index (χ0n) is 19.8. The Bertz CT molecular complexity index is 1240. The molecule has 0 aliphatic heterocycles. The number of nitrogens with one attached hydrogen (secondary N) is 1. The highest BCUT2D eigenvalue weighted by molar-refractivity contribution is 7.98. The lowest BCUT2D eigenvalue weighted by Crippen LogP contribution is -2.24. The molecular weight excluding hydrogens is 480 g/mol. The maximum Gasteiger partial charge on any atom is 0.270 e. The molecule has 0 aliphatic rings. The molecule has 0 bridgehead atoms. The van der Waals surface area contributed by atoms with Gasteiger partial charge in [0.15, 0.2) is 11.0 Å². The fourth-order valence-electron chi connectivity index (χ4n) is 3.53. The van der Waals surface area contributed by atoms with Crippen molar-refractivity contribution in [2.75, 3.05) is 13.7 Å². The van der Waals surface area contributed by atoms with Crippen LogP contribution in [0.5, 0.6) is 5.75 Å². The van der Waals surface area contributed by atoms with Crippen LogP contribution in [0.4, 0.5) is 0 Å². The number of benzene rings is 1. The smallest absolute Gasteiger partial charge is 0.270 e. The highest BCUT2D eigenvalue weighted by Gasteiger charge is 2.20. The molecular formula is C25H28N6O2S2. The van der Waals surface area contributed by atoms with Crippen LogP contribution in [-0.4, -0.2) is 44.3 Å². The summed E-state index contributed by atoms with van der Waals surface area (Å²) in [5, 5.41) is 15.2. The van der Waals surface area contributed by atoms with Crippen molar-refractivity contribution in [1.29, 1.82) is 0 Å². The summed E-state index contributed by atoms with van der Waals surface area (Å²) in [5.74, 6) is 1.83. The summed E-state index contributed by atoms with van der Waals surface area (Å²) in [7, 11) is 1.64. The molecule has 0 spiro atoms. The number of hydrogen-bond acceptors (Lipinski definition) is 8. The molecule has 35 heavy (non-hydrogen) atoms. The average molecular weight is 509 g/mol. The third-order valence-electron chi connectivity index (χ3n) is 5.30. The van der Waals surface area contributed by atoms with Crippen LogP contribution in [0.1, 0.15) is 48.1 Å². The molecule has 3 heterocycles. The molecule has 10 heteroatoms. The van der Waals surface area contributed by atoms with Crippen molar-refractivity contribution in [2.45, 2.75) is 43.5 Å². The maximum absolute atomic E-state index is 12.4. The molecule has 0 aliphatic carbocycles. The Hall–Kier alpha value is -3.24. The Morgan fingerprint density at radius 2 is 2.03 bits per heavy atom. The van der Waals surface area contributed by atoms with Gasteiger partial charge in [0.2, 0.25) is 0 Å². The minimum absolute atomic E-state index is 0.120. The van der Waals surface area contributed by atoms with E-state index in [4.69, 9.17) is 4.74 Å². The van der Waals surface area contributed by atoms with E-state index in [-0.39, 0.29) is 5.91 Å². The van der Waals surface area contributed by atoms with Gasteiger partial charge < -0.3 is 10.1 Å². The predicted octanol–water partition coefficient (Wildman–Crippen LogP) is 5.40. The number of pyridine rings is 1. The summed E-state index contributed by atoms with van der Waals surface area (Å²) < 4.78 is 7.58. The molecule has 4 aromatic rings. The lowest BCUT2D eigenvalue weighted by Gasteiger charge is -2.13. The van der Waals surface area contributed by atoms with Gasteiger partial charge in [0.05, 0.1) is 18.6 Å². The molecule has 0 saturated heterocycles. The van der Waals surface area contributed by atoms with Gasteiger partial charge in [-0.2, -0.15) is 0 Å². The Kier molecular flexibility index (Phi) is 8.85. The van der Waals surface area contributed by atoms with Crippen molar-refractivity contribution in [3.8, 4) is 22.8 Å². The number of thioether (sulfide) groups is 1. The third-order valence-corrected chi connectivity index (χ3v) is 7.28. The van der Waals surface area contributed by atoms with Gasteiger partial charge in [0, 0.05) is 29.9 Å². The number of rotatable bonds is 12. The molecule has 3 aromatic heterocycles. The summed E-state index contributed by atoms with van der Waals surface area (Å²) in [5.41, 5.74) is 2.15. The molecule has 1 amide bonds. The highest BCUT2D eigenvalue weighted by Crippen LogP contribution is 2.33. The third kappa shape index (κ3) is 6.26. The van der Waals surface area contributed by atoms with Gasteiger partial charge in [0.25, 0.3) is 5.91 Å². The van der Waals surface area contributed by atoms with Crippen LogP contribution >= 0.6 is 23.1 Å². The number of unbranched alkanes of at least 4 members (excludes halogenated alkanes) is 3. The molecule has 1 N–H and O–H groups in total. The van der Waals surface area contributed by atoms with Crippen molar-refractivity contribution in [3.05, 3.63) is 64.9 Å². The van der Waals surface area contributed by atoms with E-state index in [9.17, 15) is 4.79 Å². The van der Waals surface area contributed by atoms with E-state index >= 15 is 0 Å². The minimum Gasteiger partial charge on any atom is -0.495 e. The molecule has 0 atom stereocenters. The van der Waals surface area contributed by atoms with E-state index in [0.29, 0.717) is 34.7 Å². The van der Waals surface area contributed by atoms with Crippen LogP contribution in [0.2, 0.25) is 0 Å². The summed E-state index contributed by atoms with van der Waals surface area (Å²) in [6, 6.07) is 11.6. The molecule has 182 valence electrons. The lowest BCUT2D eigenvalue weighted by atomic mass is 10.2. The van der Waals surface area contributed by atoms with Gasteiger partial charge in [-0.3, -0.25) is 14.3 Å². The number of nitrogens with zero attached hydrogens (tertiary/aromatic N) is 5. The lowest BCUT2D eigenvalue weighted by molar-refractivity contribution is 0.0948. The monoisotopic (exact) mass is 508 g/mol. The van der Waals surface area contributed by atoms with Crippen molar-refractivity contribution >= 4 is 29.0 Å². The second-order valence-electron chi connectivity index (χ2n) is 7.79. The van der Waals surface area contributed by atoms with Gasteiger partial charge in [-0.05, 0) is 30.7 Å². The first kappa shape index (κ1) is 24.9. The number of carbonyl (C=O) groups is 1. The summed E-state index contributed by atoms with van der Waals surface area (Å²) in [4.78, 5) is 21.2. The van der Waals surface area contributed by atoms with Gasteiger partial charge in [-0.1, -0.05) is 50.1 Å². The molecule has 8 nitrogen and oxygen atoms in total. The van der Waals surface area contributed by atoms with E-state index in [0.717, 1.165) is 29.1 Å². The van der Waals surface area contributed by atoms with Gasteiger partial charge >= 0.3 is 0 Å². The zero-order valence-corrected chi connectivity index (χ0v) is 21.4. The number of amides is 1. The van der Waals surface area contributed by atoms with Crippen LogP contribution < -0.4 is 10.1 Å². The Morgan fingerprint density at radius 3 is 2.83 bits per heavy atom. The molecule has 4 rings (SSSR count). The van der Waals surface area contributed by atoms with E-state index < -0.39 is 0 Å². The second-order valence-corrected chi connectivity index (χ2v) is 9.67. The first-order valence-corrected chi connectivity index (χ1v) is 13.4. The van der Waals surface area contributed by atoms with Crippen molar-refractivity contribution in [3.63, 3.8) is 0 Å². The van der Waals surface area contributed by atoms with Crippen LogP contribution in [0.15, 0.2) is 59.3 Å². The summed E-state index contributed by atoms with van der Waals surface area (Å²) in [6.45, 7) is 2.85. The average Bonchev–Trinajstić information content (AvgIpc) is 3.55. The number of ether oxygens (including phenoxy) is 1. The van der Waals surface area contributed by atoms with Gasteiger partial charge in [-0.25, -0.2) is 4.98 Å². The topological polar surface area (TPSA) is 94.8 Å². The van der Waals surface area contributed by atoms with E-state index in [1.165, 1.54) is 35.9 Å². The Balaban J connectivity index is 1.51. The van der Waals surface area contributed by atoms with Crippen molar-refractivity contribution in [1.82, 2.24) is 30.0 Å². The van der Waals surface area contributed by atoms with Crippen LogP contribution in [0, 0.1) is 0 Å². The van der Waals surface area contributed by atoms with Crippen molar-refractivity contribution in [2.24, 2.45) is 0 Å². The van der Waals surface area contributed by atoms with Gasteiger partial charge in [-0.15, -0.1) is 21.5 Å². The van der Waals surface area contributed by atoms with Crippen LogP contribution in [-0.2, 0) is 5.75 Å². The number of aromatic nitrogens is 5. The van der Waals surface area contributed by atoms with E-state index in [1.54, 1.807) is 19.5 Å². The second kappa shape index (κ2) is 12.5. The fraction of sp³-hybridized carbons (Fsp3) is 0.320. The SMILES string of the molecule is CCCCCCNC(=O)c1csc(CSc2nnc(-c3cccnc3)n2-c2ccccc2OC)n1. The molecule has 0 fully saturated rings. The zero-order chi connectivity index (χ0) is 24.5. The predicted molar refractivity (Wildman–Crippen MR) is 139 cm³/mol. The van der Waals surface area contributed by atoms with Crippen LogP contribution in [0.25, 0.3) is 17.1 Å². The van der Waals surface area contributed by atoms with Gasteiger partial charge in [0.1, 0.15) is 16.5 Å². The molecule has 1 aromatic carbocycles. The minimum atomic E-state index is -0.120. The first-order chi connectivity index (χ1) is 17.2. The highest BCUT2D eigenvalue weighted by atomic mass is 32.2. The van der Waals surface area contributed by atoms with Crippen LogP contribution in [0.3, 0.4) is 0 Å². The summed E-state index contributed by atoms with van der Waals surface area (Å²) >= 11 is 2.98. The normalized spacial score (nSPS) is 10.9. The largest absolute Gasteiger partial charge is 0.495 e. The molecule has 0 unspecified atom stereocenters. The molecule has 0 saturated carbocycles. The Morgan fingerprint density at radius 1 is 1.14 bits per heavy atom. The summed E-state index contributed by atoms with van der Waals surface area (Å²) in [6.07, 6.45) is 7.97. The number of thiazole rings is 1. The maximum atomic E-state index is 12.4. The first-order valence-electron chi connectivity index (χ1n) is 11.6. The number of carbonyl (C=O) groups excluding carboxylic acids is 1. The van der Waals surface area contributed by atoms with E-state index in [1.807, 2.05) is 46.3 Å². The van der Waals surface area contributed by atoms with E-state index in [2.05, 4.69) is 32.4 Å².